The summed E-state index contributed by atoms with van der Waals surface area (Å²) in [6, 6.07) is 17.9. The number of likely N-dealkylation sites (tertiary alicyclic amines) is 1. The van der Waals surface area contributed by atoms with E-state index in [1.807, 2.05) is 41.3 Å². The monoisotopic (exact) mass is 375 g/mol. The van der Waals surface area contributed by atoms with Crippen molar-refractivity contribution in [2.24, 2.45) is 0 Å². The number of hydrogen-bond donors (Lipinski definition) is 0. The van der Waals surface area contributed by atoms with Crippen LogP contribution >= 0.6 is 0 Å². The van der Waals surface area contributed by atoms with Crippen LogP contribution in [0.3, 0.4) is 0 Å². The molecule has 0 N–H and O–H groups in total. The molecule has 4 nitrogen and oxygen atoms in total. The lowest BCUT2D eigenvalue weighted by Gasteiger charge is -2.32. The normalized spacial score (nSPS) is 16.8. The molecule has 1 aromatic carbocycles. The SMILES string of the molecule is O=C(Cc1ccccn1)N1CCC[C@H](c2cccc(-c3ccc(F)cc3)n2)C1. The average molecular weight is 375 g/mol. The number of carbonyl (C=O) groups excluding carboxylic acids is 1. The van der Waals surface area contributed by atoms with Gasteiger partial charge in [0.2, 0.25) is 5.91 Å². The first-order valence-electron chi connectivity index (χ1n) is 9.59. The molecule has 1 saturated heterocycles. The third-order valence-electron chi connectivity index (χ3n) is 5.16. The molecule has 0 bridgehead atoms. The third-order valence-corrected chi connectivity index (χ3v) is 5.16. The van der Waals surface area contributed by atoms with Gasteiger partial charge in [-0.05, 0) is 61.4 Å². The highest BCUT2D eigenvalue weighted by Crippen LogP contribution is 2.28. The number of nitrogens with zero attached hydrogens (tertiary/aromatic N) is 3. The van der Waals surface area contributed by atoms with Gasteiger partial charge in [-0.15, -0.1) is 0 Å². The van der Waals surface area contributed by atoms with E-state index >= 15 is 0 Å². The van der Waals surface area contributed by atoms with Crippen molar-refractivity contribution in [2.75, 3.05) is 13.1 Å². The highest BCUT2D eigenvalue weighted by Gasteiger charge is 2.26. The molecule has 2 aromatic heterocycles. The molecule has 0 aliphatic carbocycles. The number of piperidine rings is 1. The van der Waals surface area contributed by atoms with Crippen LogP contribution in [0, 0.1) is 5.82 Å². The van der Waals surface area contributed by atoms with E-state index < -0.39 is 0 Å². The zero-order valence-electron chi connectivity index (χ0n) is 15.6. The second-order valence-corrected chi connectivity index (χ2v) is 7.13. The van der Waals surface area contributed by atoms with Gasteiger partial charge in [-0.2, -0.15) is 0 Å². The van der Waals surface area contributed by atoms with Gasteiger partial charge in [0.15, 0.2) is 0 Å². The van der Waals surface area contributed by atoms with Crippen LogP contribution in [0.1, 0.15) is 30.1 Å². The Hall–Kier alpha value is -3.08. The standard InChI is InChI=1S/C23H22FN3O/c24-19-11-9-17(10-12-19)21-7-3-8-22(26-21)18-5-4-14-27(16-18)23(28)15-20-6-1-2-13-25-20/h1-3,6-13,18H,4-5,14-16H2/t18-/m0/s1. The van der Waals surface area contributed by atoms with Crippen molar-refractivity contribution in [1.29, 1.82) is 0 Å². The Kier molecular flexibility index (Phi) is 5.42. The summed E-state index contributed by atoms with van der Waals surface area (Å²) >= 11 is 0. The van der Waals surface area contributed by atoms with Crippen molar-refractivity contribution < 1.29 is 9.18 Å². The Balaban J connectivity index is 1.48. The predicted octanol–water partition coefficient (Wildman–Crippen LogP) is 4.23. The lowest BCUT2D eigenvalue weighted by atomic mass is 9.93. The minimum absolute atomic E-state index is 0.109. The van der Waals surface area contributed by atoms with Crippen LogP contribution in [0.25, 0.3) is 11.3 Å². The molecule has 1 amide bonds. The van der Waals surface area contributed by atoms with Gasteiger partial charge in [-0.3, -0.25) is 14.8 Å². The van der Waals surface area contributed by atoms with E-state index in [9.17, 15) is 9.18 Å². The van der Waals surface area contributed by atoms with E-state index in [1.54, 1.807) is 18.3 Å². The van der Waals surface area contributed by atoms with Gasteiger partial charge in [0.1, 0.15) is 5.82 Å². The second-order valence-electron chi connectivity index (χ2n) is 7.13. The molecule has 1 fully saturated rings. The molecule has 4 rings (SSSR count). The molecule has 3 aromatic rings. The minimum atomic E-state index is -0.255. The van der Waals surface area contributed by atoms with Crippen molar-refractivity contribution >= 4 is 5.91 Å². The number of rotatable bonds is 4. The first kappa shape index (κ1) is 18.3. The lowest BCUT2D eigenvalue weighted by Crippen LogP contribution is -2.40. The summed E-state index contributed by atoms with van der Waals surface area (Å²) in [7, 11) is 0. The highest BCUT2D eigenvalue weighted by atomic mass is 19.1. The first-order chi connectivity index (χ1) is 13.7. The summed E-state index contributed by atoms with van der Waals surface area (Å²) < 4.78 is 13.2. The van der Waals surface area contributed by atoms with Crippen LogP contribution in [0.4, 0.5) is 4.39 Å². The molecular formula is C23H22FN3O. The fourth-order valence-electron chi connectivity index (χ4n) is 3.67. The zero-order valence-corrected chi connectivity index (χ0v) is 15.6. The van der Waals surface area contributed by atoms with Crippen molar-refractivity contribution in [3.8, 4) is 11.3 Å². The van der Waals surface area contributed by atoms with Crippen LogP contribution < -0.4 is 0 Å². The molecule has 0 unspecified atom stereocenters. The van der Waals surface area contributed by atoms with E-state index in [0.29, 0.717) is 13.0 Å². The van der Waals surface area contributed by atoms with Crippen molar-refractivity contribution in [1.82, 2.24) is 14.9 Å². The number of pyridine rings is 2. The predicted molar refractivity (Wildman–Crippen MR) is 106 cm³/mol. The van der Waals surface area contributed by atoms with Crippen molar-refractivity contribution in [2.45, 2.75) is 25.2 Å². The van der Waals surface area contributed by atoms with Gasteiger partial charge < -0.3 is 4.90 Å². The fraction of sp³-hybridized carbons (Fsp3) is 0.261. The van der Waals surface area contributed by atoms with Crippen LogP contribution in [-0.4, -0.2) is 33.9 Å². The maximum absolute atomic E-state index is 13.2. The van der Waals surface area contributed by atoms with Gasteiger partial charge >= 0.3 is 0 Å². The summed E-state index contributed by atoms with van der Waals surface area (Å²) in [4.78, 5) is 23.7. The Bertz CT molecular complexity index is 944. The molecule has 0 spiro atoms. The highest BCUT2D eigenvalue weighted by molar-refractivity contribution is 5.78. The summed E-state index contributed by atoms with van der Waals surface area (Å²) in [5, 5.41) is 0. The Labute approximate surface area is 164 Å². The Morgan fingerprint density at radius 3 is 2.71 bits per heavy atom. The Morgan fingerprint density at radius 2 is 1.93 bits per heavy atom. The molecule has 1 aliphatic rings. The van der Waals surface area contributed by atoms with Gasteiger partial charge in [0.25, 0.3) is 0 Å². The van der Waals surface area contributed by atoms with Crippen molar-refractivity contribution in [3.63, 3.8) is 0 Å². The van der Waals surface area contributed by atoms with E-state index in [0.717, 1.165) is 42.0 Å². The molecule has 28 heavy (non-hydrogen) atoms. The number of halogens is 1. The summed E-state index contributed by atoms with van der Waals surface area (Å²) in [6.07, 6.45) is 4.01. The maximum Gasteiger partial charge on any atom is 0.228 e. The first-order valence-corrected chi connectivity index (χ1v) is 9.59. The molecule has 142 valence electrons. The molecular weight excluding hydrogens is 353 g/mol. The third kappa shape index (κ3) is 4.25. The van der Waals surface area contributed by atoms with Gasteiger partial charge in [0, 0.05) is 42.2 Å². The number of benzene rings is 1. The molecule has 0 saturated carbocycles. The van der Waals surface area contributed by atoms with E-state index in [4.69, 9.17) is 4.98 Å². The summed E-state index contributed by atoms with van der Waals surface area (Å²) in [6.45, 7) is 1.45. The van der Waals surface area contributed by atoms with Crippen LogP contribution in [0.15, 0.2) is 66.9 Å². The van der Waals surface area contributed by atoms with E-state index in [1.165, 1.54) is 12.1 Å². The maximum atomic E-state index is 13.2. The fourth-order valence-corrected chi connectivity index (χ4v) is 3.67. The number of carbonyl (C=O) groups is 1. The average Bonchev–Trinajstić information content (AvgIpc) is 2.75. The zero-order chi connectivity index (χ0) is 19.3. The quantitative estimate of drug-likeness (QED) is 0.685. The lowest BCUT2D eigenvalue weighted by molar-refractivity contribution is -0.131. The summed E-state index contributed by atoms with van der Waals surface area (Å²) in [5.74, 6) is 0.0640. The van der Waals surface area contributed by atoms with Gasteiger partial charge in [-0.1, -0.05) is 12.1 Å². The minimum Gasteiger partial charge on any atom is -0.342 e. The van der Waals surface area contributed by atoms with Crippen molar-refractivity contribution in [3.05, 3.63) is 84.1 Å². The molecule has 0 radical (unpaired) electrons. The molecule has 5 heteroatoms. The largest absolute Gasteiger partial charge is 0.342 e. The van der Waals surface area contributed by atoms with E-state index in [-0.39, 0.29) is 17.6 Å². The number of aromatic nitrogens is 2. The molecule has 3 heterocycles. The van der Waals surface area contributed by atoms with Crippen LogP contribution in [-0.2, 0) is 11.2 Å². The van der Waals surface area contributed by atoms with Crippen LogP contribution in [0.2, 0.25) is 0 Å². The summed E-state index contributed by atoms with van der Waals surface area (Å²) in [5.41, 5.74) is 3.50. The topological polar surface area (TPSA) is 46.1 Å². The van der Waals surface area contributed by atoms with E-state index in [2.05, 4.69) is 4.98 Å². The second kappa shape index (κ2) is 8.30. The van der Waals surface area contributed by atoms with Gasteiger partial charge in [0.05, 0.1) is 12.1 Å². The smallest absolute Gasteiger partial charge is 0.228 e. The number of hydrogen-bond acceptors (Lipinski definition) is 3. The Morgan fingerprint density at radius 1 is 1.07 bits per heavy atom. The number of amides is 1. The van der Waals surface area contributed by atoms with Crippen LogP contribution in [0.5, 0.6) is 0 Å². The van der Waals surface area contributed by atoms with Gasteiger partial charge in [-0.25, -0.2) is 4.39 Å². The molecule has 1 aliphatic heterocycles. The molecule has 1 atom stereocenters.